The second-order valence-corrected chi connectivity index (χ2v) is 8.18. The normalized spacial score (nSPS) is 19.9. The van der Waals surface area contributed by atoms with Crippen molar-refractivity contribution in [1.29, 1.82) is 0 Å². The zero-order chi connectivity index (χ0) is 18.8. The van der Waals surface area contributed by atoms with Gasteiger partial charge in [-0.2, -0.15) is 0 Å². The molecule has 27 heavy (non-hydrogen) atoms. The highest BCUT2D eigenvalue weighted by Crippen LogP contribution is 2.30. The summed E-state index contributed by atoms with van der Waals surface area (Å²) in [4.78, 5) is 21.3. The van der Waals surface area contributed by atoms with Gasteiger partial charge in [-0.15, -0.1) is 10.2 Å². The number of fused-ring (bicyclic) bond motifs is 1. The average molecular weight is 383 g/mol. The van der Waals surface area contributed by atoms with Crippen LogP contribution >= 0.6 is 11.3 Å². The minimum atomic E-state index is -0.0147. The van der Waals surface area contributed by atoms with E-state index in [0.717, 1.165) is 52.2 Å². The number of pyridine rings is 2. The molecule has 1 amide bonds. The van der Waals surface area contributed by atoms with E-state index in [1.54, 1.807) is 12.4 Å². The topological polar surface area (TPSA) is 101 Å². The summed E-state index contributed by atoms with van der Waals surface area (Å²) < 4.78 is 0. The summed E-state index contributed by atoms with van der Waals surface area (Å²) in [6.45, 7) is 2.13. The predicted octanol–water partition coefficient (Wildman–Crippen LogP) is 3.19. The van der Waals surface area contributed by atoms with Gasteiger partial charge in [0, 0.05) is 29.7 Å². The number of nitrogens with one attached hydrogen (secondary N) is 1. The lowest BCUT2D eigenvalue weighted by molar-refractivity contribution is -0.121. The molecular formula is C19H21N5O2S. The van der Waals surface area contributed by atoms with E-state index in [0.29, 0.717) is 11.7 Å². The van der Waals surface area contributed by atoms with E-state index < -0.39 is 0 Å². The number of hydrogen-bond donors (Lipinski definition) is 2. The molecule has 0 radical (unpaired) electrons. The number of amides is 1. The number of aromatic nitrogens is 4. The first-order valence-corrected chi connectivity index (χ1v) is 9.92. The molecule has 2 N–H and O–H groups in total. The molecule has 0 aliphatic heterocycles. The Morgan fingerprint density at radius 2 is 2.00 bits per heavy atom. The molecule has 1 fully saturated rings. The zero-order valence-electron chi connectivity index (χ0n) is 15.1. The van der Waals surface area contributed by atoms with Crippen LogP contribution in [0.3, 0.4) is 0 Å². The fraction of sp³-hybridized carbons (Fsp3) is 0.421. The van der Waals surface area contributed by atoms with Crippen molar-refractivity contribution in [3.63, 3.8) is 0 Å². The molecule has 0 unspecified atom stereocenters. The monoisotopic (exact) mass is 383 g/mol. The highest BCUT2D eigenvalue weighted by molar-refractivity contribution is 7.14. The van der Waals surface area contributed by atoms with Crippen LogP contribution in [0.25, 0.3) is 21.5 Å². The van der Waals surface area contributed by atoms with Gasteiger partial charge in [-0.05, 0) is 50.7 Å². The van der Waals surface area contributed by atoms with Gasteiger partial charge in [0.1, 0.15) is 15.8 Å². The van der Waals surface area contributed by atoms with E-state index in [1.807, 2.05) is 19.1 Å². The molecule has 0 aromatic carbocycles. The minimum Gasteiger partial charge on any atom is -0.396 e. The fourth-order valence-corrected chi connectivity index (χ4v) is 4.14. The molecule has 4 rings (SSSR count). The first-order chi connectivity index (χ1) is 13.1. The molecule has 3 aromatic rings. The highest BCUT2D eigenvalue weighted by Gasteiger charge is 2.26. The van der Waals surface area contributed by atoms with Crippen molar-refractivity contribution in [2.45, 2.75) is 32.6 Å². The van der Waals surface area contributed by atoms with Gasteiger partial charge in [0.15, 0.2) is 0 Å². The molecular weight excluding hydrogens is 362 g/mol. The molecule has 140 valence electrons. The Labute approximate surface area is 160 Å². The molecule has 3 heterocycles. The molecule has 1 aliphatic carbocycles. The Hall–Kier alpha value is -2.45. The van der Waals surface area contributed by atoms with Gasteiger partial charge in [0.25, 0.3) is 0 Å². The first kappa shape index (κ1) is 17.9. The van der Waals surface area contributed by atoms with Crippen LogP contribution in [-0.4, -0.2) is 37.8 Å². The van der Waals surface area contributed by atoms with Crippen LogP contribution < -0.4 is 5.32 Å². The highest BCUT2D eigenvalue weighted by atomic mass is 32.1. The van der Waals surface area contributed by atoms with Gasteiger partial charge < -0.3 is 10.4 Å². The summed E-state index contributed by atoms with van der Waals surface area (Å²) in [7, 11) is 0. The summed E-state index contributed by atoms with van der Waals surface area (Å²) in [5.74, 6) is 0.853. The number of carbonyl (C=O) groups is 1. The van der Waals surface area contributed by atoms with Gasteiger partial charge >= 0.3 is 0 Å². The summed E-state index contributed by atoms with van der Waals surface area (Å²) in [6.07, 6.45) is 6.85. The lowest BCUT2D eigenvalue weighted by atomic mass is 9.82. The smallest absolute Gasteiger partial charge is 0.228 e. The summed E-state index contributed by atoms with van der Waals surface area (Å²) >= 11 is 1.52. The van der Waals surface area contributed by atoms with E-state index in [9.17, 15) is 9.90 Å². The standard InChI is InChI=1S/C19H21N5O2S/c1-11-23-24-19(27-11)15-6-14-7-17(21-9-16(14)20-8-15)22-18(26)13-4-2-12(10-25)3-5-13/h6-9,12-13,25H,2-5,10H2,1H3,(H,21,22,26)/t12-,13-. The van der Waals surface area contributed by atoms with E-state index in [2.05, 4.69) is 25.5 Å². The molecule has 0 atom stereocenters. The SMILES string of the molecule is Cc1nnc(-c2cnc3cnc(NC(=O)[C@H]4CC[C@H](CO)CC4)cc3c2)s1. The summed E-state index contributed by atoms with van der Waals surface area (Å²) in [5, 5.41) is 23.0. The van der Waals surface area contributed by atoms with Crippen molar-refractivity contribution < 1.29 is 9.90 Å². The number of rotatable bonds is 4. The molecule has 0 spiro atoms. The second-order valence-electron chi connectivity index (χ2n) is 7.00. The van der Waals surface area contributed by atoms with E-state index >= 15 is 0 Å². The second kappa shape index (κ2) is 7.66. The lowest BCUT2D eigenvalue weighted by Crippen LogP contribution is -2.28. The van der Waals surface area contributed by atoms with Crippen molar-refractivity contribution in [3.05, 3.63) is 29.5 Å². The van der Waals surface area contributed by atoms with Crippen LogP contribution in [-0.2, 0) is 4.79 Å². The number of aryl methyl sites for hydroxylation is 1. The Kier molecular flexibility index (Phi) is 5.09. The van der Waals surface area contributed by atoms with Crippen LogP contribution in [0.1, 0.15) is 30.7 Å². The van der Waals surface area contributed by atoms with Crippen LogP contribution in [0.4, 0.5) is 5.82 Å². The predicted molar refractivity (Wildman–Crippen MR) is 104 cm³/mol. The lowest BCUT2D eigenvalue weighted by Gasteiger charge is -2.26. The quantitative estimate of drug-likeness (QED) is 0.717. The summed E-state index contributed by atoms with van der Waals surface area (Å²) in [6, 6.07) is 3.84. The van der Waals surface area contributed by atoms with Gasteiger partial charge in [-0.1, -0.05) is 11.3 Å². The summed E-state index contributed by atoms with van der Waals surface area (Å²) in [5.41, 5.74) is 1.67. The third-order valence-electron chi connectivity index (χ3n) is 5.07. The molecule has 7 nitrogen and oxygen atoms in total. The minimum absolute atomic E-state index is 0.00195. The maximum Gasteiger partial charge on any atom is 0.228 e. The number of hydrogen-bond acceptors (Lipinski definition) is 7. The van der Waals surface area contributed by atoms with Crippen molar-refractivity contribution in [2.24, 2.45) is 11.8 Å². The zero-order valence-corrected chi connectivity index (χ0v) is 15.9. The maximum atomic E-state index is 12.5. The molecule has 1 aliphatic rings. The van der Waals surface area contributed by atoms with Gasteiger partial charge in [-0.3, -0.25) is 9.78 Å². The van der Waals surface area contributed by atoms with Gasteiger partial charge in [0.2, 0.25) is 5.91 Å². The fourth-order valence-electron chi connectivity index (χ4n) is 3.47. The number of anilines is 1. The Balaban J connectivity index is 1.51. The molecule has 3 aromatic heterocycles. The number of aliphatic hydroxyl groups is 1. The van der Waals surface area contributed by atoms with Crippen LogP contribution in [0.5, 0.6) is 0 Å². The van der Waals surface area contributed by atoms with Gasteiger partial charge in [0.05, 0.1) is 11.7 Å². The molecule has 8 heteroatoms. The largest absolute Gasteiger partial charge is 0.396 e. The van der Waals surface area contributed by atoms with E-state index in [4.69, 9.17) is 0 Å². The number of aliphatic hydroxyl groups excluding tert-OH is 1. The van der Waals surface area contributed by atoms with Crippen LogP contribution in [0.15, 0.2) is 24.5 Å². The van der Waals surface area contributed by atoms with Crippen molar-refractivity contribution in [1.82, 2.24) is 20.2 Å². The third kappa shape index (κ3) is 3.96. The first-order valence-electron chi connectivity index (χ1n) is 9.10. The maximum absolute atomic E-state index is 12.5. The number of carbonyl (C=O) groups excluding carboxylic acids is 1. The third-order valence-corrected chi connectivity index (χ3v) is 5.96. The molecule has 1 saturated carbocycles. The van der Waals surface area contributed by atoms with Crippen molar-refractivity contribution >= 4 is 34.0 Å². The van der Waals surface area contributed by atoms with Gasteiger partial charge in [-0.25, -0.2) is 4.98 Å². The van der Waals surface area contributed by atoms with Crippen LogP contribution in [0, 0.1) is 18.8 Å². The van der Waals surface area contributed by atoms with Crippen LogP contribution in [0.2, 0.25) is 0 Å². The van der Waals surface area contributed by atoms with Crippen molar-refractivity contribution in [3.8, 4) is 10.6 Å². The van der Waals surface area contributed by atoms with Crippen molar-refractivity contribution in [2.75, 3.05) is 11.9 Å². The Bertz CT molecular complexity index is 966. The molecule has 0 saturated heterocycles. The Morgan fingerprint density at radius 1 is 1.19 bits per heavy atom. The molecule has 0 bridgehead atoms. The van der Waals surface area contributed by atoms with E-state index in [-0.39, 0.29) is 18.4 Å². The average Bonchev–Trinajstić information content (AvgIpc) is 3.14. The Morgan fingerprint density at radius 3 is 2.70 bits per heavy atom. The number of nitrogens with zero attached hydrogens (tertiary/aromatic N) is 4. The van der Waals surface area contributed by atoms with E-state index in [1.165, 1.54) is 11.3 Å².